The van der Waals surface area contributed by atoms with Crippen molar-refractivity contribution in [2.24, 2.45) is 5.92 Å². The van der Waals surface area contributed by atoms with E-state index in [1.165, 1.54) is 4.31 Å². The fourth-order valence-corrected chi connectivity index (χ4v) is 6.83. The Morgan fingerprint density at radius 3 is 2.07 bits per heavy atom. The molecule has 2 heterocycles. The third-order valence-electron chi connectivity index (χ3n) is 8.03. The molecular weight excluding hydrogens is 552 g/mol. The SMILES string of the molecule is CC(C)C(NC(=O)c1ccc(C(C)(C)C)cc1)C(=O)Nc1cc(S(=O)(=O)N2CCOCC2)ccc1N1CCCCCC1. The lowest BCUT2D eigenvalue weighted by molar-refractivity contribution is -0.118. The van der Waals surface area contributed by atoms with E-state index >= 15 is 0 Å². The normalized spacial score (nSPS) is 17.9. The van der Waals surface area contributed by atoms with Gasteiger partial charge >= 0.3 is 0 Å². The quantitative estimate of drug-likeness (QED) is 0.453. The molecule has 2 aromatic carbocycles. The summed E-state index contributed by atoms with van der Waals surface area (Å²) in [5.41, 5.74) is 2.78. The number of nitrogens with one attached hydrogen (secondary N) is 2. The number of amides is 2. The van der Waals surface area contributed by atoms with Gasteiger partial charge in [0.1, 0.15) is 6.04 Å². The number of carbonyl (C=O) groups excluding carboxylic acids is 2. The van der Waals surface area contributed by atoms with Gasteiger partial charge < -0.3 is 20.3 Å². The summed E-state index contributed by atoms with van der Waals surface area (Å²) in [6.07, 6.45) is 4.33. The summed E-state index contributed by atoms with van der Waals surface area (Å²) < 4.78 is 33.7. The maximum absolute atomic E-state index is 13.8. The standard InChI is InChI=1S/C32H46N4O5S/c1-23(2)29(34-30(37)24-10-12-25(13-11-24)32(3,4)5)31(38)33-27-22-26(42(39,40)36-18-20-41-21-19-36)14-15-28(27)35-16-8-6-7-9-17-35/h10-15,22-23,29H,6-9,16-21H2,1-5H3,(H,33,38)(H,34,37). The molecule has 0 saturated carbocycles. The number of hydrogen-bond acceptors (Lipinski definition) is 6. The summed E-state index contributed by atoms with van der Waals surface area (Å²) in [7, 11) is -3.77. The average molecular weight is 599 g/mol. The lowest BCUT2D eigenvalue weighted by Crippen LogP contribution is -2.47. The average Bonchev–Trinajstić information content (AvgIpc) is 3.25. The van der Waals surface area contributed by atoms with E-state index in [0.717, 1.165) is 50.0 Å². The van der Waals surface area contributed by atoms with Crippen molar-refractivity contribution in [3.05, 3.63) is 53.6 Å². The van der Waals surface area contributed by atoms with Crippen molar-refractivity contribution >= 4 is 33.2 Å². The molecule has 230 valence electrons. The Labute approximate surface area is 251 Å². The Kier molecular flexibility index (Phi) is 10.3. The van der Waals surface area contributed by atoms with Crippen LogP contribution in [0.5, 0.6) is 0 Å². The summed E-state index contributed by atoms with van der Waals surface area (Å²) in [5, 5.41) is 5.92. The molecule has 0 spiro atoms. The minimum Gasteiger partial charge on any atom is -0.379 e. The minimum absolute atomic E-state index is 0.0375. The molecule has 2 saturated heterocycles. The van der Waals surface area contributed by atoms with Crippen LogP contribution in [0.1, 0.15) is 76.2 Å². The number of morpholine rings is 1. The predicted octanol–water partition coefficient (Wildman–Crippen LogP) is 4.78. The van der Waals surface area contributed by atoms with Gasteiger partial charge in [-0.25, -0.2) is 8.42 Å². The first-order chi connectivity index (χ1) is 19.9. The summed E-state index contributed by atoms with van der Waals surface area (Å²) in [4.78, 5) is 29.3. The van der Waals surface area contributed by atoms with Crippen LogP contribution in [-0.2, 0) is 25.0 Å². The largest absolute Gasteiger partial charge is 0.379 e. The van der Waals surface area contributed by atoms with E-state index < -0.39 is 16.1 Å². The summed E-state index contributed by atoms with van der Waals surface area (Å²) in [6.45, 7) is 13.0. The van der Waals surface area contributed by atoms with E-state index in [1.807, 2.05) is 26.0 Å². The van der Waals surface area contributed by atoms with Crippen molar-refractivity contribution in [1.82, 2.24) is 9.62 Å². The third-order valence-corrected chi connectivity index (χ3v) is 9.92. The molecule has 0 aromatic heterocycles. The second-order valence-corrected chi connectivity index (χ2v) is 14.5. The molecular formula is C32H46N4O5S. The van der Waals surface area contributed by atoms with Gasteiger partial charge in [-0.05, 0) is 60.1 Å². The van der Waals surface area contributed by atoms with E-state index in [1.54, 1.807) is 30.3 Å². The first kappa shape index (κ1) is 32.0. The van der Waals surface area contributed by atoms with Crippen LogP contribution in [0.15, 0.2) is 47.4 Å². The van der Waals surface area contributed by atoms with Gasteiger partial charge in [0.15, 0.2) is 0 Å². The van der Waals surface area contributed by atoms with Crippen molar-refractivity contribution in [3.8, 4) is 0 Å². The predicted molar refractivity (Wildman–Crippen MR) is 167 cm³/mol. The number of carbonyl (C=O) groups is 2. The number of ether oxygens (including phenoxy) is 1. The van der Waals surface area contributed by atoms with E-state index in [2.05, 4.69) is 36.3 Å². The van der Waals surface area contributed by atoms with Crippen LogP contribution in [0.25, 0.3) is 0 Å². The molecule has 2 aliphatic rings. The fourth-order valence-electron chi connectivity index (χ4n) is 5.39. The highest BCUT2D eigenvalue weighted by Gasteiger charge is 2.30. The van der Waals surface area contributed by atoms with Crippen LogP contribution in [-0.4, -0.2) is 70.0 Å². The zero-order valence-corrected chi connectivity index (χ0v) is 26.4. The topological polar surface area (TPSA) is 108 Å². The van der Waals surface area contributed by atoms with Gasteiger partial charge in [-0.1, -0.05) is 59.6 Å². The summed E-state index contributed by atoms with van der Waals surface area (Å²) in [5.74, 6) is -0.924. The molecule has 2 aromatic rings. The van der Waals surface area contributed by atoms with Gasteiger partial charge in [0.05, 0.1) is 29.5 Å². The Bertz CT molecular complexity index is 1340. The highest BCUT2D eigenvalue weighted by molar-refractivity contribution is 7.89. The Balaban J connectivity index is 1.61. The monoisotopic (exact) mass is 598 g/mol. The van der Waals surface area contributed by atoms with E-state index in [-0.39, 0.29) is 41.1 Å². The van der Waals surface area contributed by atoms with Gasteiger partial charge in [0.2, 0.25) is 15.9 Å². The van der Waals surface area contributed by atoms with Crippen molar-refractivity contribution < 1.29 is 22.7 Å². The van der Waals surface area contributed by atoms with Crippen molar-refractivity contribution in [3.63, 3.8) is 0 Å². The Hall–Kier alpha value is -2.95. The van der Waals surface area contributed by atoms with Crippen molar-refractivity contribution in [1.29, 1.82) is 0 Å². The molecule has 0 aliphatic carbocycles. The van der Waals surface area contributed by atoms with Crippen LogP contribution in [0.2, 0.25) is 0 Å². The summed E-state index contributed by atoms with van der Waals surface area (Å²) in [6, 6.07) is 11.6. The maximum Gasteiger partial charge on any atom is 0.251 e. The lowest BCUT2D eigenvalue weighted by atomic mass is 9.86. The number of anilines is 2. The van der Waals surface area contributed by atoms with Gasteiger partial charge in [0, 0.05) is 31.7 Å². The lowest BCUT2D eigenvalue weighted by Gasteiger charge is -2.29. The fraction of sp³-hybridized carbons (Fsp3) is 0.562. The molecule has 1 unspecified atom stereocenters. The minimum atomic E-state index is -3.77. The molecule has 1 atom stereocenters. The number of hydrogen-bond donors (Lipinski definition) is 2. The van der Waals surface area contributed by atoms with Gasteiger partial charge in [0.25, 0.3) is 5.91 Å². The number of nitrogens with zero attached hydrogens (tertiary/aromatic N) is 2. The van der Waals surface area contributed by atoms with E-state index in [4.69, 9.17) is 4.74 Å². The van der Waals surface area contributed by atoms with Crippen molar-refractivity contribution in [2.45, 2.75) is 76.7 Å². The molecule has 2 N–H and O–H groups in total. The third kappa shape index (κ3) is 7.71. The molecule has 4 rings (SSSR count). The van der Waals surface area contributed by atoms with Crippen LogP contribution < -0.4 is 15.5 Å². The van der Waals surface area contributed by atoms with E-state index in [0.29, 0.717) is 24.5 Å². The van der Waals surface area contributed by atoms with Crippen molar-refractivity contribution in [2.75, 3.05) is 49.6 Å². The zero-order chi connectivity index (χ0) is 30.5. The van der Waals surface area contributed by atoms with Gasteiger partial charge in [-0.2, -0.15) is 4.31 Å². The van der Waals surface area contributed by atoms with Crippen LogP contribution in [0, 0.1) is 5.92 Å². The number of benzene rings is 2. The Morgan fingerprint density at radius 1 is 0.881 bits per heavy atom. The van der Waals surface area contributed by atoms with E-state index in [9.17, 15) is 18.0 Å². The number of rotatable bonds is 8. The molecule has 42 heavy (non-hydrogen) atoms. The maximum atomic E-state index is 13.8. The second-order valence-electron chi connectivity index (χ2n) is 12.6. The van der Waals surface area contributed by atoms with Crippen LogP contribution >= 0.6 is 0 Å². The van der Waals surface area contributed by atoms with Crippen LogP contribution in [0.3, 0.4) is 0 Å². The molecule has 2 amide bonds. The number of sulfonamides is 1. The Morgan fingerprint density at radius 2 is 1.50 bits per heavy atom. The molecule has 9 nitrogen and oxygen atoms in total. The molecule has 0 bridgehead atoms. The molecule has 10 heteroatoms. The highest BCUT2D eigenvalue weighted by Crippen LogP contribution is 2.32. The first-order valence-corrected chi connectivity index (χ1v) is 16.5. The van der Waals surface area contributed by atoms with Gasteiger partial charge in [-0.15, -0.1) is 0 Å². The highest BCUT2D eigenvalue weighted by atomic mass is 32.2. The summed E-state index contributed by atoms with van der Waals surface area (Å²) >= 11 is 0. The molecule has 2 fully saturated rings. The molecule has 2 aliphatic heterocycles. The second kappa shape index (κ2) is 13.6. The van der Waals surface area contributed by atoms with Gasteiger partial charge in [-0.3, -0.25) is 9.59 Å². The first-order valence-electron chi connectivity index (χ1n) is 15.1. The molecule has 0 radical (unpaired) electrons. The smallest absolute Gasteiger partial charge is 0.251 e. The zero-order valence-electron chi connectivity index (χ0n) is 25.6. The van der Waals surface area contributed by atoms with Crippen LogP contribution in [0.4, 0.5) is 11.4 Å².